The summed E-state index contributed by atoms with van der Waals surface area (Å²) in [4.78, 5) is 0. The van der Waals surface area contributed by atoms with Gasteiger partial charge in [-0.05, 0) is 62.1 Å². The SMILES string of the molecule is Cc1cc(C)c(COc2cccc([C@@H](C)O)c2)c(C)c1. The van der Waals surface area contributed by atoms with Gasteiger partial charge in [0.25, 0.3) is 0 Å². The van der Waals surface area contributed by atoms with Crippen molar-refractivity contribution in [2.45, 2.75) is 40.4 Å². The average Bonchev–Trinajstić information content (AvgIpc) is 2.37. The van der Waals surface area contributed by atoms with Crippen LogP contribution >= 0.6 is 0 Å². The molecule has 1 N–H and O–H groups in total. The summed E-state index contributed by atoms with van der Waals surface area (Å²) in [5.74, 6) is 0.794. The summed E-state index contributed by atoms with van der Waals surface area (Å²) in [5, 5.41) is 9.60. The highest BCUT2D eigenvalue weighted by Crippen LogP contribution is 2.22. The van der Waals surface area contributed by atoms with E-state index in [-0.39, 0.29) is 0 Å². The second-order valence-electron chi connectivity index (χ2n) is 5.41. The number of benzene rings is 2. The molecular formula is C18H22O2. The molecule has 20 heavy (non-hydrogen) atoms. The molecule has 0 amide bonds. The molecular weight excluding hydrogens is 248 g/mol. The van der Waals surface area contributed by atoms with E-state index in [4.69, 9.17) is 4.74 Å². The number of ether oxygens (including phenoxy) is 1. The van der Waals surface area contributed by atoms with Crippen LogP contribution in [0.5, 0.6) is 5.75 Å². The first-order chi connectivity index (χ1) is 9.47. The van der Waals surface area contributed by atoms with E-state index >= 15 is 0 Å². The maximum absolute atomic E-state index is 9.60. The fourth-order valence-electron chi connectivity index (χ4n) is 2.46. The fraction of sp³-hybridized carbons (Fsp3) is 0.333. The van der Waals surface area contributed by atoms with E-state index in [9.17, 15) is 5.11 Å². The topological polar surface area (TPSA) is 29.5 Å². The van der Waals surface area contributed by atoms with Gasteiger partial charge in [0, 0.05) is 0 Å². The van der Waals surface area contributed by atoms with Gasteiger partial charge in [-0.3, -0.25) is 0 Å². The number of aliphatic hydroxyl groups is 1. The number of rotatable bonds is 4. The van der Waals surface area contributed by atoms with E-state index in [0.717, 1.165) is 11.3 Å². The lowest BCUT2D eigenvalue weighted by molar-refractivity contribution is 0.198. The van der Waals surface area contributed by atoms with Gasteiger partial charge in [0.15, 0.2) is 0 Å². The lowest BCUT2D eigenvalue weighted by Crippen LogP contribution is -2.02. The molecule has 2 heteroatoms. The van der Waals surface area contributed by atoms with Crippen molar-refractivity contribution < 1.29 is 9.84 Å². The molecule has 0 unspecified atom stereocenters. The van der Waals surface area contributed by atoms with Gasteiger partial charge in [0.2, 0.25) is 0 Å². The number of aliphatic hydroxyl groups excluding tert-OH is 1. The average molecular weight is 270 g/mol. The molecule has 0 heterocycles. The number of hydrogen-bond donors (Lipinski definition) is 1. The Morgan fingerprint density at radius 3 is 2.30 bits per heavy atom. The summed E-state index contributed by atoms with van der Waals surface area (Å²) in [6.45, 7) is 8.65. The van der Waals surface area contributed by atoms with E-state index in [1.807, 2.05) is 24.3 Å². The zero-order valence-electron chi connectivity index (χ0n) is 12.6. The zero-order chi connectivity index (χ0) is 14.7. The molecule has 0 fully saturated rings. The summed E-state index contributed by atoms with van der Waals surface area (Å²) in [5.41, 5.74) is 5.90. The largest absolute Gasteiger partial charge is 0.489 e. The maximum atomic E-state index is 9.60. The van der Waals surface area contributed by atoms with Crippen molar-refractivity contribution in [2.24, 2.45) is 0 Å². The predicted molar refractivity (Wildman–Crippen MR) is 82.1 cm³/mol. The molecule has 0 aromatic heterocycles. The Morgan fingerprint density at radius 1 is 1.05 bits per heavy atom. The van der Waals surface area contributed by atoms with Crippen LogP contribution in [0.25, 0.3) is 0 Å². The smallest absolute Gasteiger partial charge is 0.120 e. The summed E-state index contributed by atoms with van der Waals surface area (Å²) < 4.78 is 5.87. The van der Waals surface area contributed by atoms with Gasteiger partial charge in [0.05, 0.1) is 6.10 Å². The summed E-state index contributed by atoms with van der Waals surface area (Å²) in [6, 6.07) is 12.0. The first kappa shape index (κ1) is 14.6. The summed E-state index contributed by atoms with van der Waals surface area (Å²) in [6.07, 6.45) is -0.471. The molecule has 106 valence electrons. The third-order valence-electron chi connectivity index (χ3n) is 3.56. The minimum atomic E-state index is -0.471. The van der Waals surface area contributed by atoms with Gasteiger partial charge in [-0.15, -0.1) is 0 Å². The first-order valence-electron chi connectivity index (χ1n) is 6.95. The Hall–Kier alpha value is -1.80. The van der Waals surface area contributed by atoms with E-state index in [0.29, 0.717) is 6.61 Å². The van der Waals surface area contributed by atoms with E-state index in [1.54, 1.807) is 6.92 Å². The molecule has 0 aliphatic heterocycles. The van der Waals surface area contributed by atoms with Crippen LogP contribution in [-0.4, -0.2) is 5.11 Å². The number of hydrogen-bond acceptors (Lipinski definition) is 2. The molecule has 2 aromatic carbocycles. The second-order valence-corrected chi connectivity index (χ2v) is 5.41. The Kier molecular flexibility index (Phi) is 4.46. The van der Waals surface area contributed by atoms with Crippen molar-refractivity contribution in [3.63, 3.8) is 0 Å². The van der Waals surface area contributed by atoms with Crippen molar-refractivity contribution in [2.75, 3.05) is 0 Å². The van der Waals surface area contributed by atoms with Crippen molar-refractivity contribution in [1.82, 2.24) is 0 Å². The van der Waals surface area contributed by atoms with Crippen LogP contribution in [0.15, 0.2) is 36.4 Å². The Bertz CT molecular complexity index is 577. The van der Waals surface area contributed by atoms with E-state index in [1.165, 1.54) is 22.3 Å². The van der Waals surface area contributed by atoms with Crippen LogP contribution in [-0.2, 0) is 6.61 Å². The summed E-state index contributed by atoms with van der Waals surface area (Å²) >= 11 is 0. The Morgan fingerprint density at radius 2 is 1.70 bits per heavy atom. The minimum absolute atomic E-state index is 0.471. The molecule has 0 saturated carbocycles. The van der Waals surface area contributed by atoms with E-state index < -0.39 is 6.10 Å². The Balaban J connectivity index is 2.15. The van der Waals surface area contributed by atoms with Crippen LogP contribution < -0.4 is 4.74 Å². The number of aryl methyl sites for hydroxylation is 3. The van der Waals surface area contributed by atoms with Gasteiger partial charge < -0.3 is 9.84 Å². The maximum Gasteiger partial charge on any atom is 0.120 e. The van der Waals surface area contributed by atoms with Crippen LogP contribution in [0.4, 0.5) is 0 Å². The highest BCUT2D eigenvalue weighted by molar-refractivity contribution is 5.37. The van der Waals surface area contributed by atoms with E-state index in [2.05, 4.69) is 32.9 Å². The minimum Gasteiger partial charge on any atom is -0.489 e. The van der Waals surface area contributed by atoms with Crippen LogP contribution in [0.3, 0.4) is 0 Å². The zero-order valence-corrected chi connectivity index (χ0v) is 12.6. The monoisotopic (exact) mass is 270 g/mol. The quantitative estimate of drug-likeness (QED) is 0.900. The molecule has 0 spiro atoms. The third kappa shape index (κ3) is 3.40. The van der Waals surface area contributed by atoms with Gasteiger partial charge in [-0.1, -0.05) is 29.8 Å². The van der Waals surface area contributed by atoms with Gasteiger partial charge in [-0.25, -0.2) is 0 Å². The van der Waals surface area contributed by atoms with Crippen molar-refractivity contribution in [3.05, 3.63) is 64.2 Å². The lowest BCUT2D eigenvalue weighted by Gasteiger charge is -2.14. The van der Waals surface area contributed by atoms with Gasteiger partial charge >= 0.3 is 0 Å². The highest BCUT2D eigenvalue weighted by Gasteiger charge is 2.06. The predicted octanol–water partition coefficient (Wildman–Crippen LogP) is 4.24. The molecule has 2 rings (SSSR count). The molecule has 0 aliphatic carbocycles. The van der Waals surface area contributed by atoms with Gasteiger partial charge in [-0.2, -0.15) is 0 Å². The first-order valence-corrected chi connectivity index (χ1v) is 6.95. The molecule has 0 radical (unpaired) electrons. The molecule has 0 saturated heterocycles. The normalized spacial score (nSPS) is 12.2. The molecule has 0 aliphatic rings. The highest BCUT2D eigenvalue weighted by atomic mass is 16.5. The molecule has 2 nitrogen and oxygen atoms in total. The standard InChI is InChI=1S/C18H22O2/c1-12-8-13(2)18(14(3)9-12)11-20-17-7-5-6-16(10-17)15(4)19/h5-10,15,19H,11H2,1-4H3/t15-/m1/s1. The molecule has 2 aromatic rings. The molecule has 1 atom stereocenters. The van der Waals surface area contributed by atoms with Crippen molar-refractivity contribution in [1.29, 1.82) is 0 Å². The second kappa shape index (κ2) is 6.10. The molecule has 0 bridgehead atoms. The van der Waals surface area contributed by atoms with Crippen molar-refractivity contribution >= 4 is 0 Å². The Labute approximate surface area is 121 Å². The summed E-state index contributed by atoms with van der Waals surface area (Å²) in [7, 11) is 0. The van der Waals surface area contributed by atoms with Crippen LogP contribution in [0.1, 0.15) is 40.8 Å². The van der Waals surface area contributed by atoms with Crippen LogP contribution in [0, 0.1) is 20.8 Å². The fourth-order valence-corrected chi connectivity index (χ4v) is 2.46. The van der Waals surface area contributed by atoms with Gasteiger partial charge in [0.1, 0.15) is 12.4 Å². The van der Waals surface area contributed by atoms with Crippen LogP contribution in [0.2, 0.25) is 0 Å². The third-order valence-corrected chi connectivity index (χ3v) is 3.56. The lowest BCUT2D eigenvalue weighted by atomic mass is 10.0. The van der Waals surface area contributed by atoms with Crippen molar-refractivity contribution in [3.8, 4) is 5.75 Å².